The number of hydrogen-bond acceptors (Lipinski definition) is 2. The van der Waals surface area contributed by atoms with E-state index in [-0.39, 0.29) is 11.6 Å². The summed E-state index contributed by atoms with van der Waals surface area (Å²) in [5, 5.41) is 6.21. The van der Waals surface area contributed by atoms with Gasteiger partial charge in [-0.3, -0.25) is 0 Å². The Kier molecular flexibility index (Phi) is 3.78. The number of nitrogens with one attached hydrogen (secondary N) is 2. The van der Waals surface area contributed by atoms with Gasteiger partial charge in [0.2, 0.25) is 0 Å². The first-order valence-corrected chi connectivity index (χ1v) is 6.29. The molecular weight excluding hydrogens is 252 g/mol. The number of carbonyl (C=O) groups excluding carboxylic acids is 1. The summed E-state index contributed by atoms with van der Waals surface area (Å²) in [6, 6.07) is 5.26. The van der Waals surface area contributed by atoms with Gasteiger partial charge in [-0.2, -0.15) is 0 Å². The molecule has 1 aromatic rings. The second-order valence-corrected chi connectivity index (χ2v) is 5.33. The van der Waals surface area contributed by atoms with E-state index in [4.69, 9.17) is 16.3 Å². The van der Waals surface area contributed by atoms with Crippen LogP contribution in [0.15, 0.2) is 18.2 Å². The molecule has 5 heteroatoms. The first kappa shape index (κ1) is 13.2. The average Bonchev–Trinajstić information content (AvgIpc) is 2.70. The van der Waals surface area contributed by atoms with Crippen LogP contribution in [0, 0.1) is 6.92 Å². The minimum absolute atomic E-state index is 0.254. The highest BCUT2D eigenvalue weighted by molar-refractivity contribution is 6.33. The zero-order chi connectivity index (χ0) is 13.2. The lowest BCUT2D eigenvalue weighted by molar-refractivity contribution is 0.172. The number of aryl methyl sites for hydroxylation is 1. The summed E-state index contributed by atoms with van der Waals surface area (Å²) in [5.41, 5.74) is 1.38. The molecule has 98 valence electrons. The molecule has 18 heavy (non-hydrogen) atoms. The summed E-state index contributed by atoms with van der Waals surface area (Å²) in [6.07, 6.45) is 0.821. The summed E-state index contributed by atoms with van der Waals surface area (Å²) >= 11 is 6.02. The van der Waals surface area contributed by atoms with Gasteiger partial charge in [-0.15, -0.1) is 0 Å². The third-order valence-electron chi connectivity index (χ3n) is 3.00. The summed E-state index contributed by atoms with van der Waals surface area (Å²) in [7, 11) is 0. The number of hydrogen-bond donors (Lipinski definition) is 2. The van der Waals surface area contributed by atoms with E-state index in [1.165, 1.54) is 0 Å². The molecule has 1 aromatic carbocycles. The molecule has 1 aliphatic heterocycles. The van der Waals surface area contributed by atoms with Crippen LogP contribution in [0.4, 0.5) is 10.5 Å². The largest absolute Gasteiger partial charge is 0.379 e. The Labute approximate surface area is 112 Å². The Morgan fingerprint density at radius 2 is 2.28 bits per heavy atom. The molecule has 1 heterocycles. The van der Waals surface area contributed by atoms with Crippen LogP contribution in [-0.4, -0.2) is 24.8 Å². The van der Waals surface area contributed by atoms with Gasteiger partial charge in [0.25, 0.3) is 0 Å². The number of amides is 2. The SMILES string of the molecule is Cc1ccc(Cl)c(NC(=O)NC2(C)CCOC2)c1. The number of halogens is 1. The van der Waals surface area contributed by atoms with Crippen LogP contribution in [0.1, 0.15) is 18.9 Å². The van der Waals surface area contributed by atoms with Crippen molar-refractivity contribution in [1.29, 1.82) is 0 Å². The fraction of sp³-hybridized carbons (Fsp3) is 0.462. The number of urea groups is 1. The Bertz CT molecular complexity index is 456. The molecule has 4 nitrogen and oxygen atoms in total. The van der Waals surface area contributed by atoms with Gasteiger partial charge in [-0.1, -0.05) is 17.7 Å². The fourth-order valence-electron chi connectivity index (χ4n) is 1.93. The van der Waals surface area contributed by atoms with Crippen LogP contribution in [-0.2, 0) is 4.74 Å². The molecule has 1 fully saturated rings. The van der Waals surface area contributed by atoms with Crippen molar-refractivity contribution < 1.29 is 9.53 Å². The molecule has 1 unspecified atom stereocenters. The molecule has 1 aliphatic rings. The lowest BCUT2D eigenvalue weighted by Gasteiger charge is -2.23. The monoisotopic (exact) mass is 268 g/mol. The van der Waals surface area contributed by atoms with Gasteiger partial charge >= 0.3 is 6.03 Å². The standard InChI is InChI=1S/C13H17ClN2O2/c1-9-3-4-10(14)11(7-9)15-12(17)16-13(2)5-6-18-8-13/h3-4,7H,5-6,8H2,1-2H3,(H2,15,16,17). The molecular formula is C13H17ClN2O2. The van der Waals surface area contributed by atoms with Crippen molar-refractivity contribution in [3.63, 3.8) is 0 Å². The van der Waals surface area contributed by atoms with E-state index in [1.54, 1.807) is 6.07 Å². The van der Waals surface area contributed by atoms with Crippen molar-refractivity contribution in [3.8, 4) is 0 Å². The molecule has 0 bridgehead atoms. The summed E-state index contributed by atoms with van der Waals surface area (Å²) in [4.78, 5) is 11.9. The van der Waals surface area contributed by atoms with Gasteiger partial charge in [0.15, 0.2) is 0 Å². The van der Waals surface area contributed by atoms with Gasteiger partial charge in [0.1, 0.15) is 0 Å². The Morgan fingerprint density at radius 3 is 2.94 bits per heavy atom. The summed E-state index contributed by atoms with van der Waals surface area (Å²) in [6.45, 7) is 5.15. The van der Waals surface area contributed by atoms with Crippen molar-refractivity contribution in [2.24, 2.45) is 0 Å². The first-order valence-electron chi connectivity index (χ1n) is 5.92. The van der Waals surface area contributed by atoms with Gasteiger partial charge in [0.05, 0.1) is 22.9 Å². The molecule has 1 saturated heterocycles. The van der Waals surface area contributed by atoms with E-state index in [0.29, 0.717) is 23.9 Å². The molecule has 2 N–H and O–H groups in total. The molecule has 2 rings (SSSR count). The van der Waals surface area contributed by atoms with Gasteiger partial charge < -0.3 is 15.4 Å². The van der Waals surface area contributed by atoms with E-state index >= 15 is 0 Å². The molecule has 0 spiro atoms. The minimum Gasteiger partial charge on any atom is -0.379 e. The quantitative estimate of drug-likeness (QED) is 0.866. The predicted octanol–water partition coefficient (Wildman–Crippen LogP) is 2.95. The van der Waals surface area contributed by atoms with E-state index in [9.17, 15) is 4.79 Å². The van der Waals surface area contributed by atoms with Gasteiger partial charge in [-0.05, 0) is 38.0 Å². The average molecular weight is 269 g/mol. The van der Waals surface area contributed by atoms with Crippen molar-refractivity contribution >= 4 is 23.3 Å². The predicted molar refractivity (Wildman–Crippen MR) is 72.2 cm³/mol. The van der Waals surface area contributed by atoms with Crippen molar-refractivity contribution in [3.05, 3.63) is 28.8 Å². The van der Waals surface area contributed by atoms with Crippen LogP contribution in [0.5, 0.6) is 0 Å². The summed E-state index contributed by atoms with van der Waals surface area (Å²) < 4.78 is 5.29. The smallest absolute Gasteiger partial charge is 0.319 e. The lowest BCUT2D eigenvalue weighted by atomic mass is 10.0. The lowest BCUT2D eigenvalue weighted by Crippen LogP contribution is -2.48. The fourth-order valence-corrected chi connectivity index (χ4v) is 2.09. The van der Waals surface area contributed by atoms with Crippen LogP contribution in [0.25, 0.3) is 0 Å². The second-order valence-electron chi connectivity index (χ2n) is 4.93. The molecule has 0 radical (unpaired) electrons. The van der Waals surface area contributed by atoms with Crippen molar-refractivity contribution in [2.75, 3.05) is 18.5 Å². The number of carbonyl (C=O) groups is 1. The number of anilines is 1. The third kappa shape index (κ3) is 3.15. The maximum atomic E-state index is 11.9. The third-order valence-corrected chi connectivity index (χ3v) is 3.33. The number of benzene rings is 1. The van der Waals surface area contributed by atoms with Crippen molar-refractivity contribution in [1.82, 2.24) is 5.32 Å². The minimum atomic E-state index is -0.291. The Balaban J connectivity index is 2.00. The Hall–Kier alpha value is -1.26. The van der Waals surface area contributed by atoms with E-state index in [0.717, 1.165) is 12.0 Å². The molecule has 0 saturated carbocycles. The maximum Gasteiger partial charge on any atom is 0.319 e. The first-order chi connectivity index (χ1) is 8.48. The van der Waals surface area contributed by atoms with Crippen LogP contribution in [0.2, 0.25) is 5.02 Å². The highest BCUT2D eigenvalue weighted by Gasteiger charge is 2.31. The van der Waals surface area contributed by atoms with Crippen LogP contribution in [0.3, 0.4) is 0 Å². The van der Waals surface area contributed by atoms with Crippen LogP contribution >= 0.6 is 11.6 Å². The molecule has 1 atom stereocenters. The topological polar surface area (TPSA) is 50.4 Å². The number of rotatable bonds is 2. The zero-order valence-corrected chi connectivity index (χ0v) is 11.3. The zero-order valence-electron chi connectivity index (χ0n) is 10.5. The number of ether oxygens (including phenoxy) is 1. The maximum absolute atomic E-state index is 11.9. The Morgan fingerprint density at radius 1 is 1.50 bits per heavy atom. The molecule has 0 aliphatic carbocycles. The second kappa shape index (κ2) is 5.16. The van der Waals surface area contributed by atoms with Gasteiger partial charge in [-0.25, -0.2) is 4.79 Å². The van der Waals surface area contributed by atoms with Gasteiger partial charge in [0, 0.05) is 6.61 Å². The summed E-state index contributed by atoms with van der Waals surface area (Å²) in [5.74, 6) is 0. The molecule has 0 aromatic heterocycles. The van der Waals surface area contributed by atoms with E-state index in [1.807, 2.05) is 26.0 Å². The highest BCUT2D eigenvalue weighted by atomic mass is 35.5. The highest BCUT2D eigenvalue weighted by Crippen LogP contribution is 2.23. The normalized spacial score (nSPS) is 22.8. The van der Waals surface area contributed by atoms with Crippen LogP contribution < -0.4 is 10.6 Å². The molecule has 2 amide bonds. The van der Waals surface area contributed by atoms with E-state index < -0.39 is 0 Å². The van der Waals surface area contributed by atoms with Crippen molar-refractivity contribution in [2.45, 2.75) is 25.8 Å². The van der Waals surface area contributed by atoms with E-state index in [2.05, 4.69) is 10.6 Å².